The number of carbonyl (C=O) groups excluding carboxylic acids is 1. The molecular weight excluding hydrogens is 354 g/mol. The number of amides is 1. The molecule has 0 spiro atoms. The number of rotatable bonds is 8. The van der Waals surface area contributed by atoms with Gasteiger partial charge in [0, 0.05) is 45.3 Å². The number of carbonyl (C=O) groups is 1. The molecule has 0 N–H and O–H groups in total. The molecule has 2 saturated heterocycles. The molecule has 6 nitrogen and oxygen atoms in total. The number of likely N-dealkylation sites (tertiary alicyclic amines) is 1. The highest BCUT2D eigenvalue weighted by Gasteiger charge is 2.26. The molecule has 2 aliphatic heterocycles. The lowest BCUT2D eigenvalue weighted by molar-refractivity contribution is -0.136. The van der Waals surface area contributed by atoms with Gasteiger partial charge in [-0.05, 0) is 56.9 Å². The highest BCUT2D eigenvalue weighted by Crippen LogP contribution is 2.18. The summed E-state index contributed by atoms with van der Waals surface area (Å²) in [5, 5.41) is 0. The van der Waals surface area contributed by atoms with E-state index in [9.17, 15) is 4.79 Å². The maximum Gasteiger partial charge on any atom is 0.236 e. The summed E-state index contributed by atoms with van der Waals surface area (Å²) in [6, 6.07) is 8.13. The Kier molecular flexibility index (Phi) is 7.98. The van der Waals surface area contributed by atoms with Gasteiger partial charge < -0.3 is 19.3 Å². The minimum atomic E-state index is 0.313. The van der Waals surface area contributed by atoms with Crippen LogP contribution in [-0.2, 0) is 4.79 Å². The fraction of sp³-hybridized carbons (Fsp3) is 0.682. The van der Waals surface area contributed by atoms with Gasteiger partial charge in [-0.15, -0.1) is 0 Å². The van der Waals surface area contributed by atoms with Crippen LogP contribution in [0.5, 0.6) is 11.5 Å². The van der Waals surface area contributed by atoms with Crippen molar-refractivity contribution in [2.24, 2.45) is 0 Å². The average molecular weight is 390 g/mol. The van der Waals surface area contributed by atoms with Crippen LogP contribution in [0.2, 0.25) is 0 Å². The number of ether oxygens (including phenoxy) is 2. The number of hydrogen-bond donors (Lipinski definition) is 0. The fourth-order valence-electron chi connectivity index (χ4n) is 4.07. The molecule has 0 aromatic heterocycles. The molecule has 2 aliphatic rings. The van der Waals surface area contributed by atoms with E-state index in [2.05, 4.69) is 21.6 Å². The van der Waals surface area contributed by atoms with Crippen LogP contribution in [-0.4, -0.2) is 86.2 Å². The molecule has 1 aromatic rings. The Morgan fingerprint density at radius 3 is 2.36 bits per heavy atom. The van der Waals surface area contributed by atoms with Gasteiger partial charge in [-0.25, -0.2) is 0 Å². The second-order valence-electron chi connectivity index (χ2n) is 7.93. The van der Waals surface area contributed by atoms with Gasteiger partial charge in [-0.2, -0.15) is 0 Å². The van der Waals surface area contributed by atoms with Crippen molar-refractivity contribution in [3.63, 3.8) is 0 Å². The SMILES string of the molecule is COc1ccc(OCCCN2CCN(CC(=O)N3CCCCC3C)CC2)cc1. The van der Waals surface area contributed by atoms with E-state index in [1.54, 1.807) is 7.11 Å². The number of nitrogens with zero attached hydrogens (tertiary/aromatic N) is 3. The summed E-state index contributed by atoms with van der Waals surface area (Å²) in [6.07, 6.45) is 4.57. The molecule has 28 heavy (non-hydrogen) atoms. The van der Waals surface area contributed by atoms with Crippen molar-refractivity contribution in [2.75, 3.05) is 59.5 Å². The van der Waals surface area contributed by atoms with Gasteiger partial charge in [0.2, 0.25) is 5.91 Å². The largest absolute Gasteiger partial charge is 0.497 e. The number of benzene rings is 1. The van der Waals surface area contributed by atoms with Crippen molar-refractivity contribution in [3.05, 3.63) is 24.3 Å². The summed E-state index contributed by atoms with van der Waals surface area (Å²) < 4.78 is 11.0. The maximum atomic E-state index is 12.6. The van der Waals surface area contributed by atoms with Crippen LogP contribution in [0, 0.1) is 0 Å². The van der Waals surface area contributed by atoms with Crippen molar-refractivity contribution in [1.82, 2.24) is 14.7 Å². The van der Waals surface area contributed by atoms with E-state index in [-0.39, 0.29) is 0 Å². The summed E-state index contributed by atoms with van der Waals surface area (Å²) in [5.41, 5.74) is 0. The van der Waals surface area contributed by atoms with Gasteiger partial charge in [-0.3, -0.25) is 9.69 Å². The van der Waals surface area contributed by atoms with E-state index in [1.165, 1.54) is 6.42 Å². The van der Waals surface area contributed by atoms with Gasteiger partial charge in [0.15, 0.2) is 0 Å². The number of piperidine rings is 1. The van der Waals surface area contributed by atoms with Crippen molar-refractivity contribution < 1.29 is 14.3 Å². The third-order valence-corrected chi connectivity index (χ3v) is 5.89. The Balaban J connectivity index is 1.29. The lowest BCUT2D eigenvalue weighted by Gasteiger charge is -2.38. The predicted molar refractivity (Wildman–Crippen MR) is 111 cm³/mol. The zero-order valence-corrected chi connectivity index (χ0v) is 17.4. The Morgan fingerprint density at radius 1 is 1.00 bits per heavy atom. The maximum absolute atomic E-state index is 12.6. The first kappa shape index (κ1) is 20.9. The smallest absolute Gasteiger partial charge is 0.236 e. The molecule has 2 fully saturated rings. The summed E-state index contributed by atoms with van der Waals surface area (Å²) in [6.45, 7) is 9.49. The van der Waals surface area contributed by atoms with Crippen LogP contribution in [0.15, 0.2) is 24.3 Å². The predicted octanol–water partition coefficient (Wildman–Crippen LogP) is 2.48. The molecule has 1 unspecified atom stereocenters. The van der Waals surface area contributed by atoms with Crippen LogP contribution in [0.1, 0.15) is 32.6 Å². The topological polar surface area (TPSA) is 45.3 Å². The molecule has 3 rings (SSSR count). The molecule has 6 heteroatoms. The van der Waals surface area contributed by atoms with Crippen LogP contribution >= 0.6 is 0 Å². The van der Waals surface area contributed by atoms with E-state index >= 15 is 0 Å². The molecule has 0 aliphatic carbocycles. The second kappa shape index (κ2) is 10.7. The number of piperazine rings is 1. The van der Waals surface area contributed by atoms with Gasteiger partial charge in [0.05, 0.1) is 20.3 Å². The van der Waals surface area contributed by atoms with Crippen molar-refractivity contribution in [2.45, 2.75) is 38.6 Å². The Hall–Kier alpha value is -1.79. The highest BCUT2D eigenvalue weighted by atomic mass is 16.5. The molecular formula is C22H35N3O3. The zero-order chi connectivity index (χ0) is 19.8. The highest BCUT2D eigenvalue weighted by molar-refractivity contribution is 5.78. The molecule has 156 valence electrons. The quantitative estimate of drug-likeness (QED) is 0.639. The van der Waals surface area contributed by atoms with Crippen molar-refractivity contribution >= 4 is 5.91 Å². The van der Waals surface area contributed by atoms with Crippen molar-refractivity contribution in [1.29, 1.82) is 0 Å². The second-order valence-corrected chi connectivity index (χ2v) is 7.93. The first-order valence-corrected chi connectivity index (χ1v) is 10.7. The molecule has 1 aromatic carbocycles. The van der Waals surface area contributed by atoms with E-state index < -0.39 is 0 Å². The molecule has 2 heterocycles. The molecule has 1 atom stereocenters. The van der Waals surface area contributed by atoms with E-state index in [4.69, 9.17) is 9.47 Å². The lowest BCUT2D eigenvalue weighted by atomic mass is 10.0. The molecule has 0 radical (unpaired) electrons. The fourth-order valence-corrected chi connectivity index (χ4v) is 4.07. The summed E-state index contributed by atoms with van der Waals surface area (Å²) in [7, 11) is 1.67. The van der Waals surface area contributed by atoms with Gasteiger partial charge in [-0.1, -0.05) is 0 Å². The average Bonchev–Trinajstić information content (AvgIpc) is 2.73. The number of methoxy groups -OCH3 is 1. The minimum absolute atomic E-state index is 0.313. The normalized spacial score (nSPS) is 21.5. The van der Waals surface area contributed by atoms with E-state index in [1.807, 2.05) is 24.3 Å². The lowest BCUT2D eigenvalue weighted by Crippen LogP contribution is -2.52. The van der Waals surface area contributed by atoms with Crippen LogP contribution < -0.4 is 9.47 Å². The van der Waals surface area contributed by atoms with Gasteiger partial charge in [0.1, 0.15) is 11.5 Å². The minimum Gasteiger partial charge on any atom is -0.497 e. The summed E-state index contributed by atoms with van der Waals surface area (Å²) in [5.74, 6) is 2.04. The Bertz CT molecular complexity index is 600. The first-order valence-electron chi connectivity index (χ1n) is 10.7. The van der Waals surface area contributed by atoms with Crippen molar-refractivity contribution in [3.8, 4) is 11.5 Å². The first-order chi connectivity index (χ1) is 13.7. The van der Waals surface area contributed by atoms with Gasteiger partial charge >= 0.3 is 0 Å². The van der Waals surface area contributed by atoms with Gasteiger partial charge in [0.25, 0.3) is 0 Å². The molecule has 0 saturated carbocycles. The van der Waals surface area contributed by atoms with E-state index in [0.717, 1.165) is 76.6 Å². The standard InChI is InChI=1S/C22H35N3O3/c1-19-6-3-4-12-25(19)22(26)18-24-15-13-23(14-16-24)11-5-17-28-21-9-7-20(27-2)8-10-21/h7-10,19H,3-6,11-18H2,1-2H3. The third-order valence-electron chi connectivity index (χ3n) is 5.89. The third kappa shape index (κ3) is 6.11. The van der Waals surface area contributed by atoms with Crippen LogP contribution in [0.25, 0.3) is 0 Å². The van der Waals surface area contributed by atoms with Crippen LogP contribution in [0.3, 0.4) is 0 Å². The molecule has 1 amide bonds. The summed E-state index contributed by atoms with van der Waals surface area (Å²) >= 11 is 0. The zero-order valence-electron chi connectivity index (χ0n) is 17.4. The van der Waals surface area contributed by atoms with Crippen LogP contribution in [0.4, 0.5) is 0 Å². The summed E-state index contributed by atoms with van der Waals surface area (Å²) in [4.78, 5) is 19.5. The number of hydrogen-bond acceptors (Lipinski definition) is 5. The molecule has 0 bridgehead atoms. The Morgan fingerprint density at radius 2 is 1.68 bits per heavy atom. The monoisotopic (exact) mass is 389 g/mol. The van der Waals surface area contributed by atoms with E-state index in [0.29, 0.717) is 18.5 Å². The Labute approximate surface area is 169 Å².